The maximum atomic E-state index is 11.8. The van der Waals surface area contributed by atoms with Crippen molar-refractivity contribution in [2.24, 2.45) is 17.6 Å². The van der Waals surface area contributed by atoms with Gasteiger partial charge in [0.2, 0.25) is 5.91 Å². The molecule has 0 aromatic heterocycles. The Labute approximate surface area is 97.2 Å². The molecule has 0 aliphatic heterocycles. The Bertz CT molecular complexity index is 241. The molecule has 5 heteroatoms. The van der Waals surface area contributed by atoms with Crippen molar-refractivity contribution in [1.29, 1.82) is 0 Å². The summed E-state index contributed by atoms with van der Waals surface area (Å²) < 4.78 is 0. The predicted molar refractivity (Wildman–Crippen MR) is 63.8 cm³/mol. The van der Waals surface area contributed by atoms with Crippen molar-refractivity contribution in [2.45, 2.75) is 40.2 Å². The number of carbonyl (C=O) groups is 2. The van der Waals surface area contributed by atoms with Gasteiger partial charge in [0.05, 0.1) is 0 Å². The van der Waals surface area contributed by atoms with Gasteiger partial charge in [-0.15, -0.1) is 0 Å². The highest BCUT2D eigenvalue weighted by molar-refractivity contribution is 5.86. The summed E-state index contributed by atoms with van der Waals surface area (Å²) in [7, 11) is 0. The molecule has 0 unspecified atom stereocenters. The van der Waals surface area contributed by atoms with Gasteiger partial charge in [0, 0.05) is 6.54 Å². The maximum Gasteiger partial charge on any atom is 0.312 e. The Hall–Kier alpha value is -1.26. The van der Waals surface area contributed by atoms with E-state index in [1.54, 1.807) is 0 Å². The number of nitrogens with one attached hydrogen (secondary N) is 2. The highest BCUT2D eigenvalue weighted by atomic mass is 16.2. The molecule has 3 amide bonds. The first-order valence-electron chi connectivity index (χ1n) is 5.72. The van der Waals surface area contributed by atoms with Crippen LogP contribution in [0.3, 0.4) is 0 Å². The van der Waals surface area contributed by atoms with Crippen LogP contribution >= 0.6 is 0 Å². The van der Waals surface area contributed by atoms with E-state index in [1.165, 1.54) is 0 Å². The van der Waals surface area contributed by atoms with Crippen LogP contribution < -0.4 is 16.4 Å². The molecule has 0 heterocycles. The predicted octanol–water partition coefficient (Wildman–Crippen LogP) is 0.842. The molecule has 0 fully saturated rings. The topological polar surface area (TPSA) is 84.2 Å². The fourth-order valence-electron chi connectivity index (χ4n) is 1.27. The van der Waals surface area contributed by atoms with Crippen LogP contribution in [0.5, 0.6) is 0 Å². The van der Waals surface area contributed by atoms with Gasteiger partial charge in [-0.05, 0) is 11.8 Å². The lowest BCUT2D eigenvalue weighted by molar-refractivity contribution is -0.124. The second-order valence-electron chi connectivity index (χ2n) is 4.51. The molecule has 0 aromatic rings. The van der Waals surface area contributed by atoms with Gasteiger partial charge in [0.25, 0.3) is 0 Å². The third-order valence-electron chi connectivity index (χ3n) is 2.48. The van der Waals surface area contributed by atoms with E-state index in [0.717, 1.165) is 6.42 Å². The first-order chi connectivity index (χ1) is 7.38. The minimum atomic E-state index is -0.662. The third-order valence-corrected chi connectivity index (χ3v) is 2.48. The van der Waals surface area contributed by atoms with Crippen LogP contribution in [-0.2, 0) is 4.79 Å². The lowest BCUT2D eigenvalue weighted by Gasteiger charge is -2.23. The lowest BCUT2D eigenvalue weighted by Crippen LogP contribution is -2.52. The average Bonchev–Trinajstić information content (AvgIpc) is 2.21. The molecule has 4 N–H and O–H groups in total. The molecule has 94 valence electrons. The monoisotopic (exact) mass is 229 g/mol. The number of primary amides is 1. The fourth-order valence-corrected chi connectivity index (χ4v) is 1.27. The van der Waals surface area contributed by atoms with Crippen LogP contribution in [0.1, 0.15) is 34.1 Å². The van der Waals surface area contributed by atoms with Gasteiger partial charge in [-0.3, -0.25) is 4.79 Å². The molecule has 0 radical (unpaired) electrons. The molecule has 0 aromatic carbocycles. The van der Waals surface area contributed by atoms with E-state index in [0.29, 0.717) is 12.5 Å². The summed E-state index contributed by atoms with van der Waals surface area (Å²) in [5, 5.41) is 5.27. The molecule has 0 aliphatic rings. The van der Waals surface area contributed by atoms with Crippen molar-refractivity contribution in [1.82, 2.24) is 10.6 Å². The number of hydrogen-bond acceptors (Lipinski definition) is 2. The number of hydrogen-bond donors (Lipinski definition) is 3. The van der Waals surface area contributed by atoms with E-state index in [2.05, 4.69) is 10.6 Å². The number of rotatable bonds is 6. The Balaban J connectivity index is 4.37. The summed E-state index contributed by atoms with van der Waals surface area (Å²) in [6.45, 7) is 8.51. The molecular weight excluding hydrogens is 206 g/mol. The average molecular weight is 229 g/mol. The van der Waals surface area contributed by atoms with Gasteiger partial charge in [-0.2, -0.15) is 0 Å². The first-order valence-corrected chi connectivity index (χ1v) is 5.72. The maximum absolute atomic E-state index is 11.8. The standard InChI is InChI=1S/C11H23N3O2/c1-5-8(4)9(14-11(12)16)10(15)13-6-7(2)3/h7-9H,5-6H2,1-4H3,(H,13,15)(H3,12,14,16)/t8-,9+/m1/s1. The molecule has 5 nitrogen and oxygen atoms in total. The summed E-state index contributed by atoms with van der Waals surface area (Å²) in [6, 6.07) is -1.20. The van der Waals surface area contributed by atoms with Crippen LogP contribution in [0.25, 0.3) is 0 Å². The molecule has 0 spiro atoms. The summed E-state index contributed by atoms with van der Waals surface area (Å²) in [6.07, 6.45) is 0.806. The van der Waals surface area contributed by atoms with Gasteiger partial charge in [-0.25, -0.2) is 4.79 Å². The van der Waals surface area contributed by atoms with Gasteiger partial charge >= 0.3 is 6.03 Å². The molecule has 0 aliphatic carbocycles. The summed E-state index contributed by atoms with van der Waals surface area (Å²) in [5.74, 6) is 0.289. The van der Waals surface area contributed by atoms with Gasteiger partial charge in [-0.1, -0.05) is 34.1 Å². The van der Waals surface area contributed by atoms with E-state index < -0.39 is 12.1 Å². The molecule has 0 saturated heterocycles. The minimum absolute atomic E-state index is 0.0691. The molecule has 0 bridgehead atoms. The molecule has 0 rings (SSSR count). The van der Waals surface area contributed by atoms with Crippen molar-refractivity contribution in [3.8, 4) is 0 Å². The fraction of sp³-hybridized carbons (Fsp3) is 0.818. The van der Waals surface area contributed by atoms with Gasteiger partial charge in [0.15, 0.2) is 0 Å². The van der Waals surface area contributed by atoms with E-state index in [1.807, 2.05) is 27.7 Å². The zero-order chi connectivity index (χ0) is 12.7. The number of amides is 3. The van der Waals surface area contributed by atoms with Crippen molar-refractivity contribution in [2.75, 3.05) is 6.54 Å². The number of nitrogens with two attached hydrogens (primary N) is 1. The van der Waals surface area contributed by atoms with Gasteiger partial charge in [0.1, 0.15) is 6.04 Å². The van der Waals surface area contributed by atoms with Crippen molar-refractivity contribution in [3.63, 3.8) is 0 Å². The molecular formula is C11H23N3O2. The van der Waals surface area contributed by atoms with Crippen LogP contribution in [-0.4, -0.2) is 24.5 Å². The van der Waals surface area contributed by atoms with E-state index in [9.17, 15) is 9.59 Å². The lowest BCUT2D eigenvalue weighted by atomic mass is 9.98. The Kier molecular flexibility index (Phi) is 6.53. The van der Waals surface area contributed by atoms with Crippen LogP contribution in [0.4, 0.5) is 4.79 Å². The SMILES string of the molecule is CC[C@@H](C)[C@H](NC(N)=O)C(=O)NCC(C)C. The van der Waals surface area contributed by atoms with E-state index in [4.69, 9.17) is 5.73 Å². The Morgan fingerprint density at radius 3 is 2.19 bits per heavy atom. The highest BCUT2D eigenvalue weighted by Gasteiger charge is 2.24. The summed E-state index contributed by atoms with van der Waals surface area (Å²) >= 11 is 0. The minimum Gasteiger partial charge on any atom is -0.354 e. The highest BCUT2D eigenvalue weighted by Crippen LogP contribution is 2.07. The first kappa shape index (κ1) is 14.7. The van der Waals surface area contributed by atoms with Crippen molar-refractivity contribution in [3.05, 3.63) is 0 Å². The van der Waals surface area contributed by atoms with Crippen LogP contribution in [0.2, 0.25) is 0 Å². The van der Waals surface area contributed by atoms with E-state index in [-0.39, 0.29) is 11.8 Å². The third kappa shape index (κ3) is 5.58. The summed E-state index contributed by atoms with van der Waals surface area (Å²) in [4.78, 5) is 22.6. The Morgan fingerprint density at radius 1 is 1.25 bits per heavy atom. The Morgan fingerprint density at radius 2 is 1.81 bits per heavy atom. The molecule has 16 heavy (non-hydrogen) atoms. The molecule has 2 atom stereocenters. The van der Waals surface area contributed by atoms with Crippen molar-refractivity contribution >= 4 is 11.9 Å². The molecule has 0 saturated carbocycles. The second kappa shape index (κ2) is 7.09. The normalized spacial score (nSPS) is 14.3. The van der Waals surface area contributed by atoms with E-state index >= 15 is 0 Å². The van der Waals surface area contributed by atoms with Gasteiger partial charge < -0.3 is 16.4 Å². The zero-order valence-electron chi connectivity index (χ0n) is 10.5. The number of carbonyl (C=O) groups excluding carboxylic acids is 2. The second-order valence-corrected chi connectivity index (χ2v) is 4.51. The van der Waals surface area contributed by atoms with Crippen LogP contribution in [0.15, 0.2) is 0 Å². The summed E-state index contributed by atoms with van der Waals surface area (Å²) in [5.41, 5.74) is 5.05. The van der Waals surface area contributed by atoms with Crippen LogP contribution in [0, 0.1) is 11.8 Å². The largest absolute Gasteiger partial charge is 0.354 e. The zero-order valence-corrected chi connectivity index (χ0v) is 10.5. The quantitative estimate of drug-likeness (QED) is 0.630. The van der Waals surface area contributed by atoms with Crippen molar-refractivity contribution < 1.29 is 9.59 Å². The number of urea groups is 1. The smallest absolute Gasteiger partial charge is 0.312 e.